The summed E-state index contributed by atoms with van der Waals surface area (Å²) >= 11 is 9.16. The zero-order valence-corrected chi connectivity index (χ0v) is 10.4. The van der Waals surface area contributed by atoms with E-state index in [1.165, 1.54) is 0 Å². The molecular weight excluding hydrogens is 293 g/mol. The number of aromatic nitrogens is 2. The molecule has 0 aliphatic heterocycles. The van der Waals surface area contributed by atoms with Crippen molar-refractivity contribution in [2.75, 3.05) is 5.73 Å². The monoisotopic (exact) mass is 299 g/mol. The van der Waals surface area contributed by atoms with Crippen LogP contribution in [0.1, 0.15) is 0 Å². The largest absolute Gasteiger partial charge is 0.423 e. The van der Waals surface area contributed by atoms with Crippen molar-refractivity contribution in [2.45, 2.75) is 0 Å². The molecule has 1 heterocycles. The van der Waals surface area contributed by atoms with Crippen molar-refractivity contribution in [3.05, 3.63) is 40.1 Å². The zero-order chi connectivity index (χ0) is 11.5. The van der Waals surface area contributed by atoms with E-state index in [1.54, 1.807) is 30.6 Å². The van der Waals surface area contributed by atoms with Crippen LogP contribution in [0.2, 0.25) is 5.02 Å². The van der Waals surface area contributed by atoms with Crippen LogP contribution >= 0.6 is 27.5 Å². The Labute approximate surface area is 106 Å². The summed E-state index contributed by atoms with van der Waals surface area (Å²) in [4.78, 5) is 7.93. The van der Waals surface area contributed by atoms with Gasteiger partial charge in [0.15, 0.2) is 5.75 Å². The number of anilines is 1. The topological polar surface area (TPSA) is 61.0 Å². The standard InChI is InChI=1S/C10H7BrClN3O/c11-6-4-14-10(15-5-6)16-9-3-7(13)1-2-8(9)12/h1-5H,13H2. The summed E-state index contributed by atoms with van der Waals surface area (Å²) in [7, 11) is 0. The fraction of sp³-hybridized carbons (Fsp3) is 0. The summed E-state index contributed by atoms with van der Waals surface area (Å²) in [6, 6.07) is 5.19. The van der Waals surface area contributed by atoms with Gasteiger partial charge in [-0.3, -0.25) is 0 Å². The molecule has 0 aliphatic carbocycles. The molecule has 0 aliphatic rings. The first-order chi connectivity index (χ1) is 7.65. The van der Waals surface area contributed by atoms with Gasteiger partial charge in [-0.05, 0) is 28.1 Å². The van der Waals surface area contributed by atoms with E-state index in [4.69, 9.17) is 22.1 Å². The summed E-state index contributed by atoms with van der Waals surface area (Å²) in [5.74, 6) is 0.434. The number of hydrogen-bond donors (Lipinski definition) is 1. The van der Waals surface area contributed by atoms with Gasteiger partial charge in [0, 0.05) is 24.1 Å². The summed E-state index contributed by atoms with van der Waals surface area (Å²) in [6.07, 6.45) is 3.17. The van der Waals surface area contributed by atoms with Crippen LogP contribution in [0.5, 0.6) is 11.8 Å². The molecule has 0 atom stereocenters. The Bertz CT molecular complexity index is 504. The average Bonchev–Trinajstić information content (AvgIpc) is 2.27. The van der Waals surface area contributed by atoms with Crippen LogP contribution in [-0.2, 0) is 0 Å². The minimum absolute atomic E-state index is 0.218. The van der Waals surface area contributed by atoms with Crippen LogP contribution in [-0.4, -0.2) is 9.97 Å². The van der Waals surface area contributed by atoms with E-state index in [0.29, 0.717) is 16.5 Å². The van der Waals surface area contributed by atoms with Crippen LogP contribution in [0.25, 0.3) is 0 Å². The second-order valence-corrected chi connectivity index (χ2v) is 4.30. The van der Waals surface area contributed by atoms with Crippen molar-refractivity contribution in [3.63, 3.8) is 0 Å². The van der Waals surface area contributed by atoms with Gasteiger partial charge in [0.25, 0.3) is 0 Å². The number of benzene rings is 1. The van der Waals surface area contributed by atoms with Gasteiger partial charge in [0.1, 0.15) is 0 Å². The van der Waals surface area contributed by atoms with Crippen molar-refractivity contribution in [1.29, 1.82) is 0 Å². The van der Waals surface area contributed by atoms with Crippen molar-refractivity contribution in [2.24, 2.45) is 0 Å². The second-order valence-electron chi connectivity index (χ2n) is 2.98. The number of nitrogen functional groups attached to an aromatic ring is 1. The van der Waals surface area contributed by atoms with E-state index in [1.807, 2.05) is 0 Å². The summed E-state index contributed by atoms with van der Waals surface area (Å²) in [5, 5.41) is 0.459. The maximum atomic E-state index is 5.93. The first kappa shape index (κ1) is 11.2. The molecule has 2 aromatic rings. The van der Waals surface area contributed by atoms with Gasteiger partial charge >= 0.3 is 6.01 Å². The van der Waals surface area contributed by atoms with Crippen molar-refractivity contribution in [1.82, 2.24) is 9.97 Å². The molecule has 1 aromatic carbocycles. The van der Waals surface area contributed by atoms with Crippen LogP contribution < -0.4 is 10.5 Å². The highest BCUT2D eigenvalue weighted by Gasteiger charge is 2.05. The number of nitrogens with two attached hydrogens (primary N) is 1. The lowest BCUT2D eigenvalue weighted by Gasteiger charge is -2.06. The molecule has 0 radical (unpaired) electrons. The van der Waals surface area contributed by atoms with Crippen LogP contribution in [0.4, 0.5) is 5.69 Å². The van der Waals surface area contributed by atoms with E-state index in [0.717, 1.165) is 4.47 Å². The minimum Gasteiger partial charge on any atom is -0.423 e. The number of hydrogen-bond acceptors (Lipinski definition) is 4. The Morgan fingerprint density at radius 2 is 1.94 bits per heavy atom. The molecular formula is C10H7BrClN3O. The van der Waals surface area contributed by atoms with E-state index in [2.05, 4.69) is 25.9 Å². The molecule has 6 heteroatoms. The Kier molecular flexibility index (Phi) is 3.26. The lowest BCUT2D eigenvalue weighted by Crippen LogP contribution is -1.93. The maximum absolute atomic E-state index is 5.93. The summed E-state index contributed by atoms with van der Waals surface area (Å²) in [6.45, 7) is 0. The summed E-state index contributed by atoms with van der Waals surface area (Å²) in [5.41, 5.74) is 6.18. The van der Waals surface area contributed by atoms with E-state index in [9.17, 15) is 0 Å². The molecule has 1 aromatic heterocycles. The lowest BCUT2D eigenvalue weighted by atomic mass is 10.3. The first-order valence-corrected chi connectivity index (χ1v) is 5.52. The predicted molar refractivity (Wildman–Crippen MR) is 65.7 cm³/mol. The Morgan fingerprint density at radius 1 is 1.25 bits per heavy atom. The molecule has 2 rings (SSSR count). The molecule has 0 spiro atoms. The van der Waals surface area contributed by atoms with Crippen molar-refractivity contribution < 1.29 is 4.74 Å². The first-order valence-electron chi connectivity index (χ1n) is 4.35. The van der Waals surface area contributed by atoms with Gasteiger partial charge in [0.05, 0.1) is 9.50 Å². The van der Waals surface area contributed by atoms with Crippen molar-refractivity contribution >= 4 is 33.2 Å². The third-order valence-corrected chi connectivity index (χ3v) is 2.47. The van der Waals surface area contributed by atoms with Crippen LogP contribution in [0, 0.1) is 0 Å². The van der Waals surface area contributed by atoms with Gasteiger partial charge in [-0.25, -0.2) is 9.97 Å². The third-order valence-electron chi connectivity index (χ3n) is 1.75. The predicted octanol–water partition coefficient (Wildman–Crippen LogP) is 3.27. The highest BCUT2D eigenvalue weighted by Crippen LogP contribution is 2.29. The number of halogens is 2. The Morgan fingerprint density at radius 3 is 2.62 bits per heavy atom. The number of ether oxygens (including phenoxy) is 1. The molecule has 82 valence electrons. The highest BCUT2D eigenvalue weighted by atomic mass is 79.9. The van der Waals surface area contributed by atoms with Crippen LogP contribution in [0.15, 0.2) is 35.1 Å². The molecule has 0 saturated carbocycles. The molecule has 0 amide bonds. The van der Waals surface area contributed by atoms with Gasteiger partial charge in [-0.1, -0.05) is 11.6 Å². The number of rotatable bonds is 2. The maximum Gasteiger partial charge on any atom is 0.321 e. The molecule has 16 heavy (non-hydrogen) atoms. The third kappa shape index (κ3) is 2.62. The SMILES string of the molecule is Nc1ccc(Cl)c(Oc2ncc(Br)cn2)c1. The van der Waals surface area contributed by atoms with E-state index >= 15 is 0 Å². The second kappa shape index (κ2) is 4.67. The molecule has 0 fully saturated rings. The molecule has 4 nitrogen and oxygen atoms in total. The lowest BCUT2D eigenvalue weighted by molar-refractivity contribution is 0.442. The highest BCUT2D eigenvalue weighted by molar-refractivity contribution is 9.10. The van der Waals surface area contributed by atoms with E-state index < -0.39 is 0 Å². The van der Waals surface area contributed by atoms with Crippen LogP contribution in [0.3, 0.4) is 0 Å². The van der Waals surface area contributed by atoms with Gasteiger partial charge < -0.3 is 10.5 Å². The Balaban J connectivity index is 2.26. The van der Waals surface area contributed by atoms with E-state index in [-0.39, 0.29) is 6.01 Å². The fourth-order valence-electron chi connectivity index (χ4n) is 1.05. The minimum atomic E-state index is 0.218. The Hall–Kier alpha value is -1.33. The van der Waals surface area contributed by atoms with Gasteiger partial charge in [-0.15, -0.1) is 0 Å². The molecule has 0 saturated heterocycles. The van der Waals surface area contributed by atoms with Crippen molar-refractivity contribution in [3.8, 4) is 11.8 Å². The average molecular weight is 301 g/mol. The zero-order valence-electron chi connectivity index (χ0n) is 8.02. The molecule has 2 N–H and O–H groups in total. The quantitative estimate of drug-likeness (QED) is 0.865. The van der Waals surface area contributed by atoms with Gasteiger partial charge in [-0.2, -0.15) is 0 Å². The number of nitrogens with zero attached hydrogens (tertiary/aromatic N) is 2. The fourth-order valence-corrected chi connectivity index (χ4v) is 1.41. The normalized spacial score (nSPS) is 10.1. The molecule has 0 unspecified atom stereocenters. The smallest absolute Gasteiger partial charge is 0.321 e. The molecule has 0 bridgehead atoms. The summed E-state index contributed by atoms with van der Waals surface area (Å²) < 4.78 is 6.17. The van der Waals surface area contributed by atoms with Gasteiger partial charge in [0.2, 0.25) is 0 Å².